The maximum Gasteiger partial charge on any atom is 0.259 e. The van der Waals surface area contributed by atoms with E-state index in [9.17, 15) is 9.59 Å². The molecule has 0 bridgehead atoms. The molecule has 2 aromatic carbocycles. The third-order valence-electron chi connectivity index (χ3n) is 3.76. The van der Waals surface area contributed by atoms with Crippen molar-refractivity contribution in [3.63, 3.8) is 0 Å². The number of carbonyl (C=O) groups excluding carboxylic acids is 2. The normalized spacial score (nSPS) is 13.9. The fourth-order valence-corrected chi connectivity index (χ4v) is 2.68. The molecule has 0 atom stereocenters. The van der Waals surface area contributed by atoms with Gasteiger partial charge < -0.3 is 4.90 Å². The Kier molecular flexibility index (Phi) is 3.98. The zero-order chi connectivity index (χ0) is 16.4. The van der Waals surface area contributed by atoms with Gasteiger partial charge >= 0.3 is 0 Å². The Morgan fingerprint density at radius 3 is 2.35 bits per heavy atom. The van der Waals surface area contributed by atoms with Crippen LogP contribution >= 0.6 is 0 Å². The highest BCUT2D eigenvalue weighted by atomic mass is 16.2. The van der Waals surface area contributed by atoms with E-state index in [0.29, 0.717) is 23.4 Å². The van der Waals surface area contributed by atoms with Crippen LogP contribution in [0.25, 0.3) is 0 Å². The second kappa shape index (κ2) is 6.08. The number of benzene rings is 2. The zero-order valence-corrected chi connectivity index (χ0v) is 13.2. The third kappa shape index (κ3) is 2.88. The molecule has 1 aliphatic rings. The minimum Gasteiger partial charge on any atom is -0.382 e. The average molecular weight is 306 g/mol. The van der Waals surface area contributed by atoms with E-state index in [1.807, 2.05) is 50.5 Å². The van der Waals surface area contributed by atoms with Gasteiger partial charge in [-0.05, 0) is 11.6 Å². The van der Waals surface area contributed by atoms with Crippen LogP contribution in [0.2, 0.25) is 0 Å². The number of fused-ring (bicyclic) bond motifs is 1. The van der Waals surface area contributed by atoms with Gasteiger partial charge in [0.25, 0.3) is 5.91 Å². The van der Waals surface area contributed by atoms with Crippen LogP contribution in [0.15, 0.2) is 66.5 Å². The molecule has 116 valence electrons. The molecule has 0 spiro atoms. The summed E-state index contributed by atoms with van der Waals surface area (Å²) in [5.74, 6) is -0.279. The number of allylic oxidation sites excluding steroid dienone is 1. The summed E-state index contributed by atoms with van der Waals surface area (Å²) in [5.41, 5.74) is 2.58. The quantitative estimate of drug-likeness (QED) is 0.644. The molecule has 1 aliphatic heterocycles. The van der Waals surface area contributed by atoms with Crippen LogP contribution < -0.4 is 0 Å². The lowest BCUT2D eigenvalue weighted by Gasteiger charge is -2.21. The first-order chi connectivity index (χ1) is 11.1. The van der Waals surface area contributed by atoms with Crippen molar-refractivity contribution in [3.05, 3.63) is 83.2 Å². The number of carbonyl (C=O) groups is 2. The second-order valence-corrected chi connectivity index (χ2v) is 5.72. The molecular formula is C19H18N2O2. The highest BCUT2D eigenvalue weighted by Gasteiger charge is 2.32. The van der Waals surface area contributed by atoms with Crippen LogP contribution in [0.1, 0.15) is 26.3 Å². The molecule has 4 heteroatoms. The summed E-state index contributed by atoms with van der Waals surface area (Å²) in [5, 5.41) is 0. The van der Waals surface area contributed by atoms with Crippen molar-refractivity contribution in [1.29, 1.82) is 0 Å². The first kappa shape index (κ1) is 15.0. The largest absolute Gasteiger partial charge is 0.382 e. The Balaban J connectivity index is 1.99. The van der Waals surface area contributed by atoms with Crippen molar-refractivity contribution in [3.8, 4) is 0 Å². The van der Waals surface area contributed by atoms with E-state index in [0.717, 1.165) is 5.56 Å². The SMILES string of the molecule is CN(C)/C=C(\C(=O)c1ccccc1)N1Cc2ccccc2C1=O. The van der Waals surface area contributed by atoms with E-state index in [1.165, 1.54) is 0 Å². The molecule has 4 nitrogen and oxygen atoms in total. The molecule has 0 unspecified atom stereocenters. The Hall–Kier alpha value is -2.88. The maximum atomic E-state index is 12.9. The molecule has 0 saturated carbocycles. The highest BCUT2D eigenvalue weighted by Crippen LogP contribution is 2.27. The van der Waals surface area contributed by atoms with Gasteiger partial charge in [0.1, 0.15) is 5.70 Å². The van der Waals surface area contributed by atoms with E-state index in [-0.39, 0.29) is 11.7 Å². The topological polar surface area (TPSA) is 40.6 Å². The highest BCUT2D eigenvalue weighted by molar-refractivity contribution is 6.12. The van der Waals surface area contributed by atoms with E-state index in [2.05, 4.69) is 0 Å². The Labute approximate surface area is 135 Å². The van der Waals surface area contributed by atoms with Gasteiger partial charge in [0.05, 0.1) is 6.54 Å². The molecule has 0 aliphatic carbocycles. The fraction of sp³-hybridized carbons (Fsp3) is 0.158. The predicted molar refractivity (Wildman–Crippen MR) is 88.9 cm³/mol. The fourth-order valence-electron chi connectivity index (χ4n) is 2.68. The van der Waals surface area contributed by atoms with Crippen LogP contribution in [0, 0.1) is 0 Å². The summed E-state index contributed by atoms with van der Waals surface area (Å²) in [4.78, 5) is 28.9. The molecule has 1 heterocycles. The average Bonchev–Trinajstić information content (AvgIpc) is 2.90. The Morgan fingerprint density at radius 2 is 1.70 bits per heavy atom. The van der Waals surface area contributed by atoms with Crippen LogP contribution in [0.4, 0.5) is 0 Å². The molecule has 2 aromatic rings. The Bertz CT molecular complexity index is 779. The summed E-state index contributed by atoms with van der Waals surface area (Å²) < 4.78 is 0. The van der Waals surface area contributed by atoms with Crippen LogP contribution in [0.3, 0.4) is 0 Å². The molecule has 23 heavy (non-hydrogen) atoms. The van der Waals surface area contributed by atoms with Gasteiger partial charge in [-0.15, -0.1) is 0 Å². The maximum absolute atomic E-state index is 12.9. The number of nitrogens with zero attached hydrogens (tertiary/aromatic N) is 2. The van der Waals surface area contributed by atoms with Gasteiger partial charge in [0.15, 0.2) is 0 Å². The van der Waals surface area contributed by atoms with E-state index < -0.39 is 0 Å². The Morgan fingerprint density at radius 1 is 1.04 bits per heavy atom. The number of hydrogen-bond acceptors (Lipinski definition) is 3. The van der Waals surface area contributed by atoms with E-state index in [1.54, 1.807) is 34.2 Å². The van der Waals surface area contributed by atoms with Gasteiger partial charge in [0.2, 0.25) is 5.78 Å². The minimum atomic E-state index is -0.152. The summed E-state index contributed by atoms with van der Waals surface area (Å²) in [6.07, 6.45) is 1.71. The molecule has 0 fully saturated rings. The number of amides is 1. The van der Waals surface area contributed by atoms with Crippen molar-refractivity contribution < 1.29 is 9.59 Å². The van der Waals surface area contributed by atoms with Crippen molar-refractivity contribution >= 4 is 11.7 Å². The number of Topliss-reactive ketones (excluding diaryl/α,β-unsaturated/α-hetero) is 1. The summed E-state index contributed by atoms with van der Waals surface area (Å²) in [6, 6.07) is 16.5. The third-order valence-corrected chi connectivity index (χ3v) is 3.76. The predicted octanol–water partition coefficient (Wildman–Crippen LogP) is 2.93. The van der Waals surface area contributed by atoms with E-state index >= 15 is 0 Å². The molecule has 1 amide bonds. The number of rotatable bonds is 4. The molecule has 3 rings (SSSR count). The lowest BCUT2D eigenvalue weighted by atomic mass is 10.1. The molecule has 0 aromatic heterocycles. The number of hydrogen-bond donors (Lipinski definition) is 0. The summed E-state index contributed by atoms with van der Waals surface area (Å²) >= 11 is 0. The lowest BCUT2D eigenvalue weighted by Crippen LogP contribution is -2.29. The van der Waals surface area contributed by atoms with Crippen molar-refractivity contribution in [1.82, 2.24) is 9.80 Å². The van der Waals surface area contributed by atoms with Crippen LogP contribution in [0.5, 0.6) is 0 Å². The van der Waals surface area contributed by atoms with Gasteiger partial charge in [-0.3, -0.25) is 14.5 Å². The molecular weight excluding hydrogens is 288 g/mol. The second-order valence-electron chi connectivity index (χ2n) is 5.72. The monoisotopic (exact) mass is 306 g/mol. The van der Waals surface area contributed by atoms with Gasteiger partial charge in [0, 0.05) is 31.4 Å². The van der Waals surface area contributed by atoms with Gasteiger partial charge in [-0.1, -0.05) is 48.5 Å². The molecule has 0 radical (unpaired) electrons. The standard InChI is InChI=1S/C19H18N2O2/c1-20(2)13-17(18(22)14-8-4-3-5-9-14)21-12-15-10-6-7-11-16(15)19(21)23/h3-11,13H,12H2,1-2H3/b17-13+. The van der Waals surface area contributed by atoms with Gasteiger partial charge in [-0.2, -0.15) is 0 Å². The van der Waals surface area contributed by atoms with Crippen LogP contribution in [-0.4, -0.2) is 35.6 Å². The van der Waals surface area contributed by atoms with Crippen molar-refractivity contribution in [2.45, 2.75) is 6.54 Å². The summed E-state index contributed by atoms with van der Waals surface area (Å²) in [7, 11) is 3.68. The lowest BCUT2D eigenvalue weighted by molar-refractivity contribution is 0.0786. The molecule has 0 saturated heterocycles. The zero-order valence-electron chi connectivity index (χ0n) is 13.2. The van der Waals surface area contributed by atoms with Gasteiger partial charge in [-0.25, -0.2) is 0 Å². The first-order valence-corrected chi connectivity index (χ1v) is 7.45. The first-order valence-electron chi connectivity index (χ1n) is 7.45. The van der Waals surface area contributed by atoms with E-state index in [4.69, 9.17) is 0 Å². The van der Waals surface area contributed by atoms with Crippen molar-refractivity contribution in [2.24, 2.45) is 0 Å². The minimum absolute atomic E-state index is 0.127. The summed E-state index contributed by atoms with van der Waals surface area (Å²) in [6.45, 7) is 0.424. The molecule has 0 N–H and O–H groups in total. The number of ketones is 1. The van der Waals surface area contributed by atoms with Crippen molar-refractivity contribution in [2.75, 3.05) is 14.1 Å². The van der Waals surface area contributed by atoms with Crippen LogP contribution in [-0.2, 0) is 6.54 Å². The smallest absolute Gasteiger partial charge is 0.259 e.